The summed E-state index contributed by atoms with van der Waals surface area (Å²) in [5.41, 5.74) is 2.82. The lowest BCUT2D eigenvalue weighted by atomic mass is 9.88. The minimum Gasteiger partial charge on any atom is -0.507 e. The quantitative estimate of drug-likeness (QED) is 0.809. The maximum Gasteiger partial charge on any atom is 0.165 e. The molecule has 3 rings (SSSR count). The second-order valence-corrected chi connectivity index (χ2v) is 6.42. The SMILES string of the molecule is CC(O)CNc1nc(-c2ccccc2O)nc2c1CCC(C)C2. The van der Waals surface area contributed by atoms with Gasteiger partial charge in [-0.15, -0.1) is 0 Å². The van der Waals surface area contributed by atoms with Crippen LogP contribution in [0.2, 0.25) is 0 Å². The van der Waals surface area contributed by atoms with Gasteiger partial charge in [-0.25, -0.2) is 9.97 Å². The first kappa shape index (κ1) is 15.7. The van der Waals surface area contributed by atoms with Gasteiger partial charge in [0.25, 0.3) is 0 Å². The van der Waals surface area contributed by atoms with Gasteiger partial charge in [-0.05, 0) is 44.2 Å². The molecule has 1 aromatic carbocycles. The molecule has 5 heteroatoms. The molecule has 2 aromatic rings. The lowest BCUT2D eigenvalue weighted by molar-refractivity contribution is 0.208. The maximum absolute atomic E-state index is 10.1. The Morgan fingerprint density at radius 1 is 1.30 bits per heavy atom. The van der Waals surface area contributed by atoms with E-state index in [0.29, 0.717) is 23.9 Å². The third kappa shape index (κ3) is 3.45. The Hall–Kier alpha value is -2.14. The van der Waals surface area contributed by atoms with Crippen molar-refractivity contribution < 1.29 is 10.2 Å². The number of rotatable bonds is 4. The third-order valence-corrected chi connectivity index (χ3v) is 4.23. The van der Waals surface area contributed by atoms with Crippen LogP contribution in [0.1, 0.15) is 31.5 Å². The smallest absolute Gasteiger partial charge is 0.165 e. The first-order valence-corrected chi connectivity index (χ1v) is 8.14. The number of benzene rings is 1. The van der Waals surface area contributed by atoms with Gasteiger partial charge in [0.05, 0.1) is 17.4 Å². The van der Waals surface area contributed by atoms with Crippen LogP contribution in [0.25, 0.3) is 11.4 Å². The average molecular weight is 313 g/mol. The molecule has 0 saturated heterocycles. The molecule has 122 valence electrons. The molecule has 5 nitrogen and oxygen atoms in total. The lowest BCUT2D eigenvalue weighted by Crippen LogP contribution is -2.21. The first-order chi connectivity index (χ1) is 11.0. The van der Waals surface area contributed by atoms with E-state index in [2.05, 4.69) is 17.2 Å². The van der Waals surface area contributed by atoms with E-state index in [0.717, 1.165) is 36.3 Å². The zero-order valence-corrected chi connectivity index (χ0v) is 13.6. The number of nitrogens with one attached hydrogen (secondary N) is 1. The molecule has 2 unspecified atom stereocenters. The molecule has 0 bridgehead atoms. The van der Waals surface area contributed by atoms with Gasteiger partial charge in [-0.2, -0.15) is 0 Å². The van der Waals surface area contributed by atoms with Gasteiger partial charge in [0, 0.05) is 12.1 Å². The molecule has 0 saturated carbocycles. The Kier molecular flexibility index (Phi) is 4.48. The molecule has 0 amide bonds. The Morgan fingerprint density at radius 2 is 2.09 bits per heavy atom. The molecule has 3 N–H and O–H groups in total. The summed E-state index contributed by atoms with van der Waals surface area (Å²) >= 11 is 0. The number of para-hydroxylation sites is 1. The zero-order valence-electron chi connectivity index (χ0n) is 13.6. The molecular formula is C18H23N3O2. The normalized spacial score (nSPS) is 18.3. The number of phenols is 1. The largest absolute Gasteiger partial charge is 0.507 e. The van der Waals surface area contributed by atoms with Crippen molar-refractivity contribution in [2.24, 2.45) is 5.92 Å². The maximum atomic E-state index is 10.1. The van der Waals surface area contributed by atoms with Crippen LogP contribution in [-0.2, 0) is 12.8 Å². The van der Waals surface area contributed by atoms with Crippen molar-refractivity contribution in [3.8, 4) is 17.1 Å². The molecule has 0 fully saturated rings. The summed E-state index contributed by atoms with van der Waals surface area (Å²) < 4.78 is 0. The molecular weight excluding hydrogens is 290 g/mol. The fourth-order valence-electron chi connectivity index (χ4n) is 2.96. The van der Waals surface area contributed by atoms with Crippen molar-refractivity contribution in [2.75, 3.05) is 11.9 Å². The van der Waals surface area contributed by atoms with Crippen LogP contribution in [0.3, 0.4) is 0 Å². The highest BCUT2D eigenvalue weighted by molar-refractivity contribution is 5.66. The summed E-state index contributed by atoms with van der Waals surface area (Å²) in [7, 11) is 0. The highest BCUT2D eigenvalue weighted by atomic mass is 16.3. The summed E-state index contributed by atoms with van der Waals surface area (Å²) in [5, 5.41) is 22.9. The van der Waals surface area contributed by atoms with Crippen molar-refractivity contribution >= 4 is 5.82 Å². The van der Waals surface area contributed by atoms with Crippen LogP contribution < -0.4 is 5.32 Å². The van der Waals surface area contributed by atoms with E-state index in [-0.39, 0.29) is 5.75 Å². The molecule has 23 heavy (non-hydrogen) atoms. The van der Waals surface area contributed by atoms with Gasteiger partial charge in [0.1, 0.15) is 11.6 Å². The van der Waals surface area contributed by atoms with Crippen molar-refractivity contribution in [3.05, 3.63) is 35.5 Å². The number of aliphatic hydroxyl groups excluding tert-OH is 1. The lowest BCUT2D eigenvalue weighted by Gasteiger charge is -2.24. The van der Waals surface area contributed by atoms with Gasteiger partial charge < -0.3 is 15.5 Å². The summed E-state index contributed by atoms with van der Waals surface area (Å²) in [6.45, 7) is 4.42. The predicted molar refractivity (Wildman–Crippen MR) is 90.5 cm³/mol. The van der Waals surface area contributed by atoms with Crippen molar-refractivity contribution in [3.63, 3.8) is 0 Å². The molecule has 1 aromatic heterocycles. The van der Waals surface area contributed by atoms with E-state index in [1.165, 1.54) is 0 Å². The van der Waals surface area contributed by atoms with Gasteiger partial charge >= 0.3 is 0 Å². The summed E-state index contributed by atoms with van der Waals surface area (Å²) in [6.07, 6.45) is 2.54. The summed E-state index contributed by atoms with van der Waals surface area (Å²) in [4.78, 5) is 9.33. The molecule has 2 atom stereocenters. The van der Waals surface area contributed by atoms with Crippen LogP contribution in [0.15, 0.2) is 24.3 Å². The number of aliphatic hydroxyl groups is 1. The van der Waals surface area contributed by atoms with Gasteiger partial charge in [0.2, 0.25) is 0 Å². The highest BCUT2D eigenvalue weighted by Gasteiger charge is 2.22. The van der Waals surface area contributed by atoms with E-state index in [4.69, 9.17) is 4.98 Å². The van der Waals surface area contributed by atoms with Crippen LogP contribution in [-0.4, -0.2) is 32.8 Å². The second kappa shape index (κ2) is 6.54. The number of fused-ring (bicyclic) bond motifs is 1. The van der Waals surface area contributed by atoms with Gasteiger partial charge in [0.15, 0.2) is 5.82 Å². The van der Waals surface area contributed by atoms with E-state index in [1.807, 2.05) is 12.1 Å². The fraction of sp³-hybridized carbons (Fsp3) is 0.444. The van der Waals surface area contributed by atoms with Crippen molar-refractivity contribution in [2.45, 2.75) is 39.2 Å². The van der Waals surface area contributed by atoms with Crippen LogP contribution in [0.5, 0.6) is 5.75 Å². The summed E-state index contributed by atoms with van der Waals surface area (Å²) in [5.74, 6) is 2.09. The zero-order chi connectivity index (χ0) is 16.4. The standard InChI is InChI=1S/C18H23N3O2/c1-11-7-8-13-15(9-11)20-18(14-5-3-4-6-16(14)23)21-17(13)19-10-12(2)22/h3-6,11-12,22-23H,7-10H2,1-2H3,(H,19,20,21). The average Bonchev–Trinajstić information content (AvgIpc) is 2.52. The number of hydrogen-bond donors (Lipinski definition) is 3. The number of aromatic hydroxyl groups is 1. The minimum atomic E-state index is -0.447. The molecule has 1 aliphatic rings. The highest BCUT2D eigenvalue weighted by Crippen LogP contribution is 2.33. The van der Waals surface area contributed by atoms with Crippen molar-refractivity contribution in [1.82, 2.24) is 9.97 Å². The first-order valence-electron chi connectivity index (χ1n) is 8.14. The molecule has 1 heterocycles. The number of hydrogen-bond acceptors (Lipinski definition) is 5. The molecule has 0 aliphatic heterocycles. The second-order valence-electron chi connectivity index (χ2n) is 6.42. The monoisotopic (exact) mass is 313 g/mol. The Morgan fingerprint density at radius 3 is 2.83 bits per heavy atom. The van der Waals surface area contributed by atoms with E-state index in [9.17, 15) is 10.2 Å². The number of anilines is 1. The minimum absolute atomic E-state index is 0.179. The van der Waals surface area contributed by atoms with E-state index >= 15 is 0 Å². The number of phenolic OH excluding ortho intramolecular Hbond substituents is 1. The van der Waals surface area contributed by atoms with E-state index in [1.54, 1.807) is 19.1 Å². The topological polar surface area (TPSA) is 78.3 Å². The third-order valence-electron chi connectivity index (χ3n) is 4.23. The number of nitrogens with zero attached hydrogens (tertiary/aromatic N) is 2. The van der Waals surface area contributed by atoms with Crippen molar-refractivity contribution in [1.29, 1.82) is 0 Å². The summed E-state index contributed by atoms with van der Waals surface area (Å²) in [6, 6.07) is 7.11. The Balaban J connectivity index is 2.05. The van der Waals surface area contributed by atoms with Crippen LogP contribution >= 0.6 is 0 Å². The molecule has 0 radical (unpaired) electrons. The van der Waals surface area contributed by atoms with Crippen LogP contribution in [0.4, 0.5) is 5.82 Å². The number of aromatic nitrogens is 2. The van der Waals surface area contributed by atoms with E-state index < -0.39 is 6.10 Å². The Labute approximate surface area is 136 Å². The molecule has 1 aliphatic carbocycles. The van der Waals surface area contributed by atoms with Gasteiger partial charge in [-0.3, -0.25) is 0 Å². The fourth-order valence-corrected chi connectivity index (χ4v) is 2.96. The molecule has 0 spiro atoms. The van der Waals surface area contributed by atoms with Gasteiger partial charge in [-0.1, -0.05) is 19.1 Å². The predicted octanol–water partition coefficient (Wildman–Crippen LogP) is 2.77. The Bertz CT molecular complexity index is 701. The van der Waals surface area contributed by atoms with Crippen LogP contribution in [0, 0.1) is 5.92 Å².